The number of aromatic amines is 1. The minimum Gasteiger partial charge on any atom is -0.297 e. The summed E-state index contributed by atoms with van der Waals surface area (Å²) in [4.78, 5) is 8.32. The zero-order valence-electron chi connectivity index (χ0n) is 13.0. The predicted octanol–water partition coefficient (Wildman–Crippen LogP) is 3.12. The maximum atomic E-state index is 4.66. The van der Waals surface area contributed by atoms with Crippen LogP contribution in [0.2, 0.25) is 0 Å². The summed E-state index contributed by atoms with van der Waals surface area (Å²) in [6.07, 6.45) is 6.56. The van der Waals surface area contributed by atoms with Gasteiger partial charge in [0.25, 0.3) is 0 Å². The van der Waals surface area contributed by atoms with Crippen LogP contribution in [0.1, 0.15) is 41.4 Å². The van der Waals surface area contributed by atoms with Crippen LogP contribution in [0.3, 0.4) is 0 Å². The van der Waals surface area contributed by atoms with Gasteiger partial charge in [0.1, 0.15) is 0 Å². The van der Waals surface area contributed by atoms with Crippen molar-refractivity contribution in [2.24, 2.45) is 0 Å². The van der Waals surface area contributed by atoms with E-state index in [9.17, 15) is 0 Å². The number of piperidine rings is 1. The fraction of sp³-hybridized carbons (Fsp3) is 0.500. The molecule has 0 saturated carbocycles. The molecule has 1 atom stereocenters. The number of imidazole rings is 1. The van der Waals surface area contributed by atoms with Crippen molar-refractivity contribution < 1.29 is 0 Å². The molecule has 0 aromatic carbocycles. The Morgan fingerprint density at radius 3 is 3.14 bits per heavy atom. The van der Waals surface area contributed by atoms with E-state index in [1.54, 1.807) is 11.3 Å². The number of nitrogens with zero attached hydrogens (tertiary/aromatic N) is 4. The van der Waals surface area contributed by atoms with E-state index in [0.29, 0.717) is 5.92 Å². The average Bonchev–Trinajstić information content (AvgIpc) is 3.19. The van der Waals surface area contributed by atoms with E-state index in [0.717, 1.165) is 23.7 Å². The zero-order valence-corrected chi connectivity index (χ0v) is 13.9. The van der Waals surface area contributed by atoms with Gasteiger partial charge in [-0.1, -0.05) is 0 Å². The van der Waals surface area contributed by atoms with E-state index in [4.69, 9.17) is 0 Å². The SMILES string of the molecule is Cc1cn[nH]c1C1CCCN(Cc2c(C)nc3sccn23)C1. The Labute approximate surface area is 134 Å². The molecule has 1 N–H and O–H groups in total. The molecule has 1 aliphatic rings. The van der Waals surface area contributed by atoms with Crippen LogP contribution in [0.5, 0.6) is 0 Å². The fourth-order valence-electron chi connectivity index (χ4n) is 3.55. The number of aryl methyl sites for hydroxylation is 2. The summed E-state index contributed by atoms with van der Waals surface area (Å²) in [5.41, 5.74) is 5.09. The van der Waals surface area contributed by atoms with Gasteiger partial charge in [0.15, 0.2) is 4.96 Å². The van der Waals surface area contributed by atoms with E-state index in [-0.39, 0.29) is 0 Å². The topological polar surface area (TPSA) is 49.2 Å². The Morgan fingerprint density at radius 1 is 1.41 bits per heavy atom. The highest BCUT2D eigenvalue weighted by Crippen LogP contribution is 2.29. The summed E-state index contributed by atoms with van der Waals surface area (Å²) in [6, 6.07) is 0. The molecule has 0 amide bonds. The van der Waals surface area contributed by atoms with E-state index in [1.807, 2.05) is 6.20 Å². The lowest BCUT2D eigenvalue weighted by Gasteiger charge is -2.32. The van der Waals surface area contributed by atoms with Crippen LogP contribution < -0.4 is 0 Å². The number of thiazole rings is 1. The Balaban J connectivity index is 1.54. The van der Waals surface area contributed by atoms with E-state index >= 15 is 0 Å². The molecule has 0 spiro atoms. The van der Waals surface area contributed by atoms with Crippen molar-refractivity contribution in [3.8, 4) is 0 Å². The van der Waals surface area contributed by atoms with Crippen LogP contribution in [0.4, 0.5) is 0 Å². The Morgan fingerprint density at radius 2 is 2.32 bits per heavy atom. The lowest BCUT2D eigenvalue weighted by atomic mass is 9.93. The second-order valence-electron chi connectivity index (χ2n) is 6.24. The summed E-state index contributed by atoms with van der Waals surface area (Å²) in [5.74, 6) is 0.572. The molecular formula is C16H21N5S. The van der Waals surface area contributed by atoms with Crippen LogP contribution in [-0.2, 0) is 6.54 Å². The molecule has 0 radical (unpaired) electrons. The van der Waals surface area contributed by atoms with Crippen LogP contribution in [-0.4, -0.2) is 37.6 Å². The van der Waals surface area contributed by atoms with Crippen LogP contribution in [0, 0.1) is 13.8 Å². The van der Waals surface area contributed by atoms with Crippen LogP contribution >= 0.6 is 11.3 Å². The normalized spacial score (nSPS) is 20.0. The maximum absolute atomic E-state index is 4.66. The highest BCUT2D eigenvalue weighted by molar-refractivity contribution is 7.15. The van der Waals surface area contributed by atoms with Gasteiger partial charge in [0.05, 0.1) is 17.6 Å². The monoisotopic (exact) mass is 315 g/mol. The van der Waals surface area contributed by atoms with E-state index in [2.05, 4.69) is 49.9 Å². The van der Waals surface area contributed by atoms with Crippen molar-refractivity contribution in [2.75, 3.05) is 13.1 Å². The largest absolute Gasteiger partial charge is 0.297 e. The molecule has 1 unspecified atom stereocenters. The molecule has 6 heteroatoms. The summed E-state index contributed by atoms with van der Waals surface area (Å²) in [6.45, 7) is 7.51. The van der Waals surface area contributed by atoms with E-state index < -0.39 is 0 Å². The quantitative estimate of drug-likeness (QED) is 0.808. The molecule has 3 aromatic heterocycles. The van der Waals surface area contributed by atoms with E-state index in [1.165, 1.54) is 36.3 Å². The van der Waals surface area contributed by atoms with Crippen molar-refractivity contribution in [1.29, 1.82) is 0 Å². The van der Waals surface area contributed by atoms with Crippen molar-refractivity contribution in [1.82, 2.24) is 24.5 Å². The Bertz CT molecular complexity index is 784. The zero-order chi connectivity index (χ0) is 15.1. The number of hydrogen-bond acceptors (Lipinski definition) is 4. The average molecular weight is 315 g/mol. The summed E-state index contributed by atoms with van der Waals surface area (Å²) < 4.78 is 2.24. The van der Waals surface area contributed by atoms with Crippen molar-refractivity contribution in [3.05, 3.63) is 40.4 Å². The van der Waals surface area contributed by atoms with Crippen molar-refractivity contribution in [2.45, 2.75) is 39.2 Å². The molecule has 0 bridgehead atoms. The molecular weight excluding hydrogens is 294 g/mol. The minimum absolute atomic E-state index is 0.572. The molecule has 3 aromatic rings. The van der Waals surface area contributed by atoms with Gasteiger partial charge in [-0.15, -0.1) is 11.3 Å². The molecule has 5 nitrogen and oxygen atoms in total. The van der Waals surface area contributed by atoms with Crippen molar-refractivity contribution in [3.63, 3.8) is 0 Å². The third kappa shape index (κ3) is 2.36. The third-order valence-corrected chi connectivity index (χ3v) is 5.47. The van der Waals surface area contributed by atoms with Crippen LogP contribution in [0.25, 0.3) is 4.96 Å². The van der Waals surface area contributed by atoms with Gasteiger partial charge in [-0.05, 0) is 38.8 Å². The second kappa shape index (κ2) is 5.52. The first-order chi connectivity index (χ1) is 10.7. The number of rotatable bonds is 3. The standard InChI is InChI=1S/C16H21N5S/c1-11-8-17-19-15(11)13-4-3-5-20(9-13)10-14-12(2)18-16-21(14)6-7-22-16/h6-8,13H,3-5,9-10H2,1-2H3,(H,17,19). The number of H-pyrrole nitrogens is 1. The maximum Gasteiger partial charge on any atom is 0.194 e. The smallest absolute Gasteiger partial charge is 0.194 e. The summed E-state index contributed by atoms with van der Waals surface area (Å²) >= 11 is 1.70. The minimum atomic E-state index is 0.572. The lowest BCUT2D eigenvalue weighted by molar-refractivity contribution is 0.195. The number of likely N-dealkylation sites (tertiary alicyclic amines) is 1. The van der Waals surface area contributed by atoms with Gasteiger partial charge in [0.2, 0.25) is 0 Å². The molecule has 1 fully saturated rings. The third-order valence-electron chi connectivity index (χ3n) is 4.72. The highest BCUT2D eigenvalue weighted by Gasteiger charge is 2.25. The molecule has 1 aliphatic heterocycles. The lowest BCUT2D eigenvalue weighted by Crippen LogP contribution is -2.34. The first kappa shape index (κ1) is 14.0. The molecule has 1 saturated heterocycles. The van der Waals surface area contributed by atoms with Gasteiger partial charge < -0.3 is 0 Å². The molecule has 4 rings (SSSR count). The van der Waals surface area contributed by atoms with Gasteiger partial charge in [-0.25, -0.2) is 4.98 Å². The van der Waals surface area contributed by atoms with Crippen LogP contribution in [0.15, 0.2) is 17.8 Å². The van der Waals surface area contributed by atoms with Crippen molar-refractivity contribution >= 4 is 16.3 Å². The number of fused-ring (bicyclic) bond motifs is 1. The van der Waals surface area contributed by atoms with Gasteiger partial charge in [-0.3, -0.25) is 14.4 Å². The number of hydrogen-bond donors (Lipinski definition) is 1. The highest BCUT2D eigenvalue weighted by atomic mass is 32.1. The fourth-order valence-corrected chi connectivity index (χ4v) is 4.33. The first-order valence-electron chi connectivity index (χ1n) is 7.85. The van der Waals surface area contributed by atoms with Gasteiger partial charge >= 0.3 is 0 Å². The number of nitrogens with one attached hydrogen (secondary N) is 1. The summed E-state index contributed by atoms with van der Waals surface area (Å²) in [7, 11) is 0. The predicted molar refractivity (Wildman–Crippen MR) is 88.4 cm³/mol. The first-order valence-corrected chi connectivity index (χ1v) is 8.73. The Hall–Kier alpha value is -1.66. The second-order valence-corrected chi connectivity index (χ2v) is 7.11. The molecule has 4 heterocycles. The number of aromatic nitrogens is 4. The molecule has 22 heavy (non-hydrogen) atoms. The summed E-state index contributed by atoms with van der Waals surface area (Å²) in [5, 5.41) is 9.50. The molecule has 0 aliphatic carbocycles. The Kier molecular flexibility index (Phi) is 3.50. The van der Waals surface area contributed by atoms with Gasteiger partial charge in [-0.2, -0.15) is 5.10 Å². The van der Waals surface area contributed by atoms with Gasteiger partial charge in [0, 0.05) is 36.3 Å². The molecule has 116 valence electrons.